The van der Waals surface area contributed by atoms with Crippen LogP contribution in [0.2, 0.25) is 6.32 Å². The molecule has 2 fully saturated rings. The Morgan fingerprint density at radius 1 is 1.22 bits per heavy atom. The smallest absolute Gasteiger partial charge is 0.451 e. The molecule has 12 heteroatoms. The lowest BCUT2D eigenvalue weighted by Gasteiger charge is -2.46. The molecule has 2 aliphatic rings. The Balaban J connectivity index is 1.54. The van der Waals surface area contributed by atoms with Gasteiger partial charge < -0.3 is 40.7 Å². The first-order valence-electron chi connectivity index (χ1n) is 10.6. The summed E-state index contributed by atoms with van der Waals surface area (Å²) in [7, 11) is -1.55. The SMILES string of the molecule is NC1(CN2CC(Oc3ccc(CCB(O)O)c(O)c3C(=O)O)C2)CCN(C(=O)CO)CC1. The predicted octanol–water partition coefficient (Wildman–Crippen LogP) is -1.52. The molecule has 1 aromatic rings. The molecule has 0 aliphatic carbocycles. The molecular weight excluding hydrogens is 421 g/mol. The summed E-state index contributed by atoms with van der Waals surface area (Å²) in [5.74, 6) is -1.99. The van der Waals surface area contributed by atoms with Crippen LogP contribution in [0.1, 0.15) is 28.8 Å². The highest BCUT2D eigenvalue weighted by Gasteiger charge is 2.38. The number of likely N-dealkylation sites (tertiary alicyclic amines) is 2. The van der Waals surface area contributed by atoms with Gasteiger partial charge in [-0.3, -0.25) is 9.69 Å². The molecule has 0 radical (unpaired) electrons. The van der Waals surface area contributed by atoms with Gasteiger partial charge in [0, 0.05) is 38.3 Å². The minimum Gasteiger partial charge on any atom is -0.507 e. The number of benzene rings is 1. The number of carbonyl (C=O) groups excluding carboxylic acids is 1. The maximum absolute atomic E-state index is 11.7. The van der Waals surface area contributed by atoms with Crippen molar-refractivity contribution in [1.82, 2.24) is 9.80 Å². The molecule has 3 rings (SSSR count). The summed E-state index contributed by atoms with van der Waals surface area (Å²) >= 11 is 0. The van der Waals surface area contributed by atoms with Crippen LogP contribution >= 0.6 is 0 Å². The highest BCUT2D eigenvalue weighted by molar-refractivity contribution is 6.41. The van der Waals surface area contributed by atoms with Crippen molar-refractivity contribution in [2.45, 2.75) is 37.2 Å². The number of carbonyl (C=O) groups is 2. The van der Waals surface area contributed by atoms with E-state index in [9.17, 15) is 19.8 Å². The highest BCUT2D eigenvalue weighted by atomic mass is 16.5. The first-order chi connectivity index (χ1) is 15.1. The Morgan fingerprint density at radius 2 is 1.88 bits per heavy atom. The van der Waals surface area contributed by atoms with Gasteiger partial charge in [0.25, 0.3) is 0 Å². The number of carboxylic acids is 1. The maximum atomic E-state index is 11.7. The van der Waals surface area contributed by atoms with Crippen LogP contribution in [0.3, 0.4) is 0 Å². The van der Waals surface area contributed by atoms with Gasteiger partial charge in [-0.05, 0) is 37.2 Å². The molecule has 0 bridgehead atoms. The topological polar surface area (TPSA) is 177 Å². The number of aryl methyl sites for hydroxylation is 1. The van der Waals surface area contributed by atoms with Gasteiger partial charge in [0.05, 0.1) is 0 Å². The van der Waals surface area contributed by atoms with Crippen molar-refractivity contribution in [3.05, 3.63) is 23.3 Å². The number of aromatic carboxylic acids is 1. The van der Waals surface area contributed by atoms with Crippen LogP contribution in [0.5, 0.6) is 11.5 Å². The standard InChI is InChI=1S/C20H30BN3O8/c22-20(4-7-24(8-5-20)16(26)11-25)12-23-9-14(10-23)32-15-2-1-13(3-6-21(30)31)18(27)17(15)19(28)29/h1-2,14,25,27,30-31H,3-12,22H2,(H,28,29). The number of amides is 1. The van der Waals surface area contributed by atoms with Gasteiger partial charge in [-0.1, -0.05) is 6.07 Å². The molecule has 2 aliphatic heterocycles. The first kappa shape index (κ1) is 24.3. The van der Waals surface area contributed by atoms with Crippen LogP contribution in [0.4, 0.5) is 0 Å². The number of rotatable bonds is 9. The molecular formula is C20H30BN3O8. The second kappa shape index (κ2) is 10.0. The van der Waals surface area contributed by atoms with Crippen LogP contribution in [0.25, 0.3) is 0 Å². The van der Waals surface area contributed by atoms with E-state index in [4.69, 9.17) is 25.6 Å². The molecule has 11 nitrogen and oxygen atoms in total. The number of carboxylic acid groups (broad SMARTS) is 1. The van der Waals surface area contributed by atoms with E-state index < -0.39 is 31.0 Å². The summed E-state index contributed by atoms with van der Waals surface area (Å²) < 4.78 is 5.82. The van der Waals surface area contributed by atoms with Crippen LogP contribution in [0, 0.1) is 0 Å². The molecule has 2 saturated heterocycles. The van der Waals surface area contributed by atoms with E-state index in [-0.39, 0.29) is 36.1 Å². The summed E-state index contributed by atoms with van der Waals surface area (Å²) in [4.78, 5) is 27.0. The third-order valence-corrected chi connectivity index (χ3v) is 6.11. The van der Waals surface area contributed by atoms with Crippen LogP contribution in [-0.2, 0) is 11.2 Å². The summed E-state index contributed by atoms with van der Waals surface area (Å²) in [5, 5.41) is 46.8. The first-order valence-corrected chi connectivity index (χ1v) is 10.6. The lowest BCUT2D eigenvalue weighted by Crippen LogP contribution is -2.63. The van der Waals surface area contributed by atoms with Gasteiger partial charge >= 0.3 is 13.1 Å². The van der Waals surface area contributed by atoms with Crippen molar-refractivity contribution < 1.29 is 39.7 Å². The average Bonchev–Trinajstić information content (AvgIpc) is 2.71. The van der Waals surface area contributed by atoms with Crippen molar-refractivity contribution in [3.63, 3.8) is 0 Å². The second-order valence-electron chi connectivity index (χ2n) is 8.61. The van der Waals surface area contributed by atoms with Crippen molar-refractivity contribution in [2.75, 3.05) is 39.3 Å². The number of ether oxygens (including phenoxy) is 1. The van der Waals surface area contributed by atoms with Crippen molar-refractivity contribution >= 4 is 19.0 Å². The maximum Gasteiger partial charge on any atom is 0.451 e. The largest absolute Gasteiger partial charge is 0.507 e. The van der Waals surface area contributed by atoms with Gasteiger partial charge in [-0.2, -0.15) is 0 Å². The van der Waals surface area contributed by atoms with Crippen molar-refractivity contribution in [3.8, 4) is 11.5 Å². The lowest BCUT2D eigenvalue weighted by atomic mass is 9.82. The molecule has 0 aromatic heterocycles. The summed E-state index contributed by atoms with van der Waals surface area (Å²) in [5.41, 5.74) is 6.01. The number of aliphatic hydroxyl groups excluding tert-OH is 1. The van der Waals surface area contributed by atoms with E-state index in [1.807, 2.05) is 0 Å². The number of aromatic hydroxyl groups is 1. The van der Waals surface area contributed by atoms with E-state index in [1.54, 1.807) is 4.90 Å². The monoisotopic (exact) mass is 451 g/mol. The fourth-order valence-corrected chi connectivity index (χ4v) is 4.22. The molecule has 0 saturated carbocycles. The predicted molar refractivity (Wildman–Crippen MR) is 114 cm³/mol. The summed E-state index contributed by atoms with van der Waals surface area (Å²) in [6, 6.07) is 3.00. The van der Waals surface area contributed by atoms with Crippen LogP contribution in [0.15, 0.2) is 12.1 Å². The molecule has 0 unspecified atom stereocenters. The van der Waals surface area contributed by atoms with Crippen molar-refractivity contribution in [1.29, 1.82) is 0 Å². The number of nitrogens with zero attached hydrogens (tertiary/aromatic N) is 2. The minimum atomic E-state index is -1.55. The Kier molecular flexibility index (Phi) is 7.62. The molecule has 7 N–H and O–H groups in total. The van der Waals surface area contributed by atoms with E-state index in [0.717, 1.165) is 0 Å². The highest BCUT2D eigenvalue weighted by Crippen LogP contribution is 2.34. The number of aliphatic hydroxyl groups is 1. The Hall–Kier alpha value is -2.38. The van der Waals surface area contributed by atoms with Gasteiger partial charge in [-0.25, -0.2) is 4.79 Å². The minimum absolute atomic E-state index is 0.0306. The second-order valence-corrected chi connectivity index (χ2v) is 8.61. The van der Waals surface area contributed by atoms with E-state index >= 15 is 0 Å². The zero-order chi connectivity index (χ0) is 23.5. The van der Waals surface area contributed by atoms with Gasteiger partial charge in [-0.15, -0.1) is 0 Å². The van der Waals surface area contributed by atoms with Crippen LogP contribution in [-0.4, -0.2) is 105 Å². The summed E-state index contributed by atoms with van der Waals surface area (Å²) in [6.45, 7) is 2.23. The van der Waals surface area contributed by atoms with E-state index in [1.165, 1.54) is 12.1 Å². The zero-order valence-corrected chi connectivity index (χ0v) is 17.8. The summed E-state index contributed by atoms with van der Waals surface area (Å²) in [6.07, 6.45) is 1.08. The number of piperidine rings is 1. The fraction of sp³-hybridized carbons (Fsp3) is 0.600. The Bertz CT molecular complexity index is 838. The molecule has 32 heavy (non-hydrogen) atoms. The van der Waals surface area contributed by atoms with E-state index in [2.05, 4.69) is 4.90 Å². The van der Waals surface area contributed by atoms with Crippen molar-refractivity contribution in [2.24, 2.45) is 5.73 Å². The molecule has 0 atom stereocenters. The third kappa shape index (κ3) is 5.70. The molecule has 1 amide bonds. The van der Waals surface area contributed by atoms with Crippen LogP contribution < -0.4 is 10.5 Å². The number of nitrogens with two attached hydrogens (primary N) is 1. The lowest BCUT2D eigenvalue weighted by molar-refractivity contribution is -0.136. The van der Waals surface area contributed by atoms with E-state index in [0.29, 0.717) is 51.1 Å². The quantitative estimate of drug-likeness (QED) is 0.242. The zero-order valence-electron chi connectivity index (χ0n) is 17.8. The van der Waals surface area contributed by atoms with Gasteiger partial charge in [0.1, 0.15) is 29.8 Å². The number of hydrogen-bond acceptors (Lipinski definition) is 9. The molecule has 176 valence electrons. The van der Waals surface area contributed by atoms with Gasteiger partial charge in [0.15, 0.2) is 0 Å². The fourth-order valence-electron chi connectivity index (χ4n) is 4.22. The Labute approximate surface area is 186 Å². The molecule has 2 heterocycles. The molecule has 0 spiro atoms. The molecule has 1 aromatic carbocycles. The third-order valence-electron chi connectivity index (χ3n) is 6.11. The number of phenols is 1. The Morgan fingerprint density at radius 3 is 2.44 bits per heavy atom. The van der Waals surface area contributed by atoms with Gasteiger partial charge in [0.2, 0.25) is 5.91 Å². The normalized spacial score (nSPS) is 18.8. The number of hydrogen-bond donors (Lipinski definition) is 6. The average molecular weight is 451 g/mol.